The van der Waals surface area contributed by atoms with E-state index < -0.39 is 11.7 Å². The summed E-state index contributed by atoms with van der Waals surface area (Å²) in [7, 11) is 0. The van der Waals surface area contributed by atoms with Crippen LogP contribution in [0, 0.1) is 0 Å². The van der Waals surface area contributed by atoms with Gasteiger partial charge in [0, 0.05) is 25.2 Å². The molecule has 2 aliphatic rings. The first-order valence-electron chi connectivity index (χ1n) is 9.65. The molecule has 1 saturated carbocycles. The monoisotopic (exact) mass is 384 g/mol. The molecule has 1 saturated heterocycles. The SMILES string of the molecule is O=C(Cc1cccc(C(F)(F)F)c1)NCC1(N2CCOCC2)CCCCC1. The fourth-order valence-corrected chi connectivity index (χ4v) is 4.22. The zero-order chi connectivity index (χ0) is 19.3. The minimum Gasteiger partial charge on any atom is -0.379 e. The van der Waals surface area contributed by atoms with Crippen molar-refractivity contribution in [1.29, 1.82) is 0 Å². The molecule has 4 nitrogen and oxygen atoms in total. The Morgan fingerprint density at radius 1 is 1.15 bits per heavy atom. The Bertz CT molecular complexity index is 636. The van der Waals surface area contributed by atoms with Crippen molar-refractivity contribution in [1.82, 2.24) is 10.2 Å². The number of nitrogens with one attached hydrogen (secondary N) is 1. The number of morpholine rings is 1. The molecule has 3 rings (SSSR count). The number of carbonyl (C=O) groups excluding carboxylic acids is 1. The summed E-state index contributed by atoms with van der Waals surface area (Å²) in [5.41, 5.74) is -0.387. The van der Waals surface area contributed by atoms with Gasteiger partial charge in [-0.05, 0) is 24.5 Å². The zero-order valence-electron chi connectivity index (χ0n) is 15.5. The summed E-state index contributed by atoms with van der Waals surface area (Å²) in [6, 6.07) is 4.99. The van der Waals surface area contributed by atoms with Gasteiger partial charge in [-0.1, -0.05) is 37.5 Å². The van der Waals surface area contributed by atoms with Crippen molar-refractivity contribution < 1.29 is 22.7 Å². The summed E-state index contributed by atoms with van der Waals surface area (Å²) >= 11 is 0. The molecule has 150 valence electrons. The maximum Gasteiger partial charge on any atom is 0.416 e. The number of ether oxygens (including phenoxy) is 1. The van der Waals surface area contributed by atoms with E-state index in [1.54, 1.807) is 6.07 Å². The molecule has 1 amide bonds. The summed E-state index contributed by atoms with van der Waals surface area (Å²) in [6.07, 6.45) is 1.14. The molecule has 0 unspecified atom stereocenters. The molecule has 2 fully saturated rings. The number of carbonyl (C=O) groups is 1. The van der Waals surface area contributed by atoms with Crippen LogP contribution in [-0.4, -0.2) is 49.2 Å². The largest absolute Gasteiger partial charge is 0.416 e. The highest BCUT2D eigenvalue weighted by Gasteiger charge is 2.38. The normalized spacial score (nSPS) is 21.0. The number of rotatable bonds is 5. The van der Waals surface area contributed by atoms with Crippen molar-refractivity contribution >= 4 is 5.91 Å². The Hall–Kier alpha value is -1.60. The van der Waals surface area contributed by atoms with E-state index >= 15 is 0 Å². The average Bonchev–Trinajstić information content (AvgIpc) is 2.67. The molecule has 1 heterocycles. The summed E-state index contributed by atoms with van der Waals surface area (Å²) in [5, 5.41) is 2.99. The van der Waals surface area contributed by atoms with E-state index in [4.69, 9.17) is 4.74 Å². The van der Waals surface area contributed by atoms with Crippen LogP contribution in [0.2, 0.25) is 0 Å². The third-order valence-electron chi connectivity index (χ3n) is 5.70. The molecule has 1 aromatic carbocycles. The lowest BCUT2D eigenvalue weighted by atomic mass is 9.79. The van der Waals surface area contributed by atoms with Gasteiger partial charge in [0.15, 0.2) is 0 Å². The predicted molar refractivity (Wildman–Crippen MR) is 96.4 cm³/mol. The smallest absolute Gasteiger partial charge is 0.379 e. The van der Waals surface area contributed by atoms with Gasteiger partial charge in [0.25, 0.3) is 0 Å². The molecule has 7 heteroatoms. The number of benzene rings is 1. The number of hydrogen-bond donors (Lipinski definition) is 1. The van der Waals surface area contributed by atoms with E-state index in [0.717, 1.165) is 50.9 Å². The van der Waals surface area contributed by atoms with Gasteiger partial charge in [0.2, 0.25) is 5.91 Å². The van der Waals surface area contributed by atoms with Crippen LogP contribution in [0.1, 0.15) is 43.2 Å². The first kappa shape index (κ1) is 20.1. The first-order valence-corrected chi connectivity index (χ1v) is 9.65. The maximum atomic E-state index is 12.8. The Morgan fingerprint density at radius 3 is 2.52 bits per heavy atom. The quantitative estimate of drug-likeness (QED) is 0.846. The van der Waals surface area contributed by atoms with Gasteiger partial charge in [-0.25, -0.2) is 0 Å². The Labute approximate surface area is 158 Å². The second kappa shape index (κ2) is 8.61. The van der Waals surface area contributed by atoms with Crippen molar-refractivity contribution in [3.8, 4) is 0 Å². The van der Waals surface area contributed by atoms with E-state index in [9.17, 15) is 18.0 Å². The minimum atomic E-state index is -4.39. The topological polar surface area (TPSA) is 41.6 Å². The van der Waals surface area contributed by atoms with Crippen molar-refractivity contribution in [2.45, 2.75) is 50.2 Å². The maximum absolute atomic E-state index is 12.8. The number of nitrogens with zero attached hydrogens (tertiary/aromatic N) is 1. The van der Waals surface area contributed by atoms with Crippen LogP contribution >= 0.6 is 0 Å². The van der Waals surface area contributed by atoms with Gasteiger partial charge < -0.3 is 10.1 Å². The van der Waals surface area contributed by atoms with Crippen LogP contribution in [0.3, 0.4) is 0 Å². The third-order valence-corrected chi connectivity index (χ3v) is 5.70. The van der Waals surface area contributed by atoms with Crippen molar-refractivity contribution in [2.24, 2.45) is 0 Å². The van der Waals surface area contributed by atoms with Crippen LogP contribution in [0.15, 0.2) is 24.3 Å². The van der Waals surface area contributed by atoms with Crippen molar-refractivity contribution in [2.75, 3.05) is 32.8 Å². The Morgan fingerprint density at radius 2 is 1.85 bits per heavy atom. The number of hydrogen-bond acceptors (Lipinski definition) is 3. The highest BCUT2D eigenvalue weighted by atomic mass is 19.4. The fourth-order valence-electron chi connectivity index (χ4n) is 4.22. The summed E-state index contributed by atoms with van der Waals surface area (Å²) in [6.45, 7) is 3.69. The highest BCUT2D eigenvalue weighted by molar-refractivity contribution is 5.78. The summed E-state index contributed by atoms with van der Waals surface area (Å²) in [4.78, 5) is 14.8. The summed E-state index contributed by atoms with van der Waals surface area (Å²) in [5.74, 6) is -0.229. The molecule has 1 N–H and O–H groups in total. The van der Waals surface area contributed by atoms with Crippen LogP contribution in [0.5, 0.6) is 0 Å². The second-order valence-corrected chi connectivity index (χ2v) is 7.54. The fraction of sp³-hybridized carbons (Fsp3) is 0.650. The zero-order valence-corrected chi connectivity index (χ0v) is 15.5. The molecule has 0 bridgehead atoms. The molecule has 0 aromatic heterocycles. The van der Waals surface area contributed by atoms with E-state index in [1.165, 1.54) is 12.5 Å². The predicted octanol–water partition coefficient (Wildman–Crippen LogP) is 3.40. The molecule has 0 radical (unpaired) electrons. The van der Waals surface area contributed by atoms with Gasteiger partial charge in [-0.2, -0.15) is 13.2 Å². The van der Waals surface area contributed by atoms with Gasteiger partial charge in [0.1, 0.15) is 0 Å². The average molecular weight is 384 g/mol. The van der Waals surface area contributed by atoms with Crippen molar-refractivity contribution in [3.63, 3.8) is 0 Å². The molecule has 27 heavy (non-hydrogen) atoms. The third kappa shape index (κ3) is 5.23. The molecular formula is C20H27F3N2O2. The van der Waals surface area contributed by atoms with Crippen molar-refractivity contribution in [3.05, 3.63) is 35.4 Å². The molecular weight excluding hydrogens is 357 g/mol. The number of halogens is 3. The number of amides is 1. The van der Waals surface area contributed by atoms with Gasteiger partial charge in [-0.3, -0.25) is 9.69 Å². The van der Waals surface area contributed by atoms with Crippen LogP contribution in [0.4, 0.5) is 13.2 Å². The van der Waals surface area contributed by atoms with Crippen LogP contribution in [-0.2, 0) is 22.1 Å². The lowest BCUT2D eigenvalue weighted by Gasteiger charge is -2.48. The summed E-state index contributed by atoms with van der Waals surface area (Å²) < 4.78 is 44.0. The van der Waals surface area contributed by atoms with Crippen LogP contribution < -0.4 is 5.32 Å². The minimum absolute atomic E-state index is 0.0386. The highest BCUT2D eigenvalue weighted by Crippen LogP contribution is 2.34. The standard InChI is InChI=1S/C20H27F3N2O2/c21-20(22,23)17-6-4-5-16(13-17)14-18(26)24-15-19(7-2-1-3-8-19)25-9-11-27-12-10-25/h4-6,13H,1-3,7-12,14-15H2,(H,24,26). The molecule has 0 atom stereocenters. The van der Waals surface area contributed by atoms with Crippen LogP contribution in [0.25, 0.3) is 0 Å². The lowest BCUT2D eigenvalue weighted by molar-refractivity contribution is -0.137. The number of alkyl halides is 3. The lowest BCUT2D eigenvalue weighted by Crippen LogP contribution is -2.59. The Kier molecular flexibility index (Phi) is 6.42. The first-order chi connectivity index (χ1) is 12.9. The molecule has 1 aliphatic heterocycles. The molecule has 1 aromatic rings. The van der Waals surface area contributed by atoms with Gasteiger partial charge in [0.05, 0.1) is 25.2 Å². The van der Waals surface area contributed by atoms with Gasteiger partial charge in [-0.15, -0.1) is 0 Å². The Balaban J connectivity index is 1.61. The van der Waals surface area contributed by atoms with Gasteiger partial charge >= 0.3 is 6.18 Å². The molecule has 0 spiro atoms. The second-order valence-electron chi connectivity index (χ2n) is 7.54. The molecule has 1 aliphatic carbocycles. The van der Waals surface area contributed by atoms with E-state index in [0.29, 0.717) is 25.3 Å². The van der Waals surface area contributed by atoms with E-state index in [2.05, 4.69) is 10.2 Å². The van der Waals surface area contributed by atoms with E-state index in [-0.39, 0.29) is 17.9 Å². The van der Waals surface area contributed by atoms with E-state index in [1.807, 2.05) is 0 Å².